The summed E-state index contributed by atoms with van der Waals surface area (Å²) >= 11 is 6.22. The molecule has 2 fully saturated rings. The number of carbonyl (C=O) groups excluding carboxylic acids is 2. The number of halogens is 1. The maximum absolute atomic E-state index is 13.2. The summed E-state index contributed by atoms with van der Waals surface area (Å²) in [6, 6.07) is 11.4. The second-order valence-electron chi connectivity index (χ2n) is 9.37. The van der Waals surface area contributed by atoms with Gasteiger partial charge in [0.1, 0.15) is 0 Å². The van der Waals surface area contributed by atoms with Gasteiger partial charge in [-0.25, -0.2) is 4.52 Å². The van der Waals surface area contributed by atoms with Crippen molar-refractivity contribution in [3.05, 3.63) is 70.5 Å². The van der Waals surface area contributed by atoms with Gasteiger partial charge >= 0.3 is 0 Å². The predicted octanol–water partition coefficient (Wildman–Crippen LogP) is 4.88. The number of likely N-dealkylation sites (tertiary alicyclic amines) is 2. The predicted molar refractivity (Wildman–Crippen MR) is 129 cm³/mol. The topological polar surface area (TPSA) is 57.9 Å². The first-order chi connectivity index (χ1) is 16.0. The quantitative estimate of drug-likeness (QED) is 0.555. The minimum absolute atomic E-state index is 0.00553. The number of nitrogens with zero attached hydrogens (tertiary/aromatic N) is 4. The summed E-state index contributed by atoms with van der Waals surface area (Å²) in [5.74, 6) is 1.10. The maximum atomic E-state index is 13.2. The van der Waals surface area contributed by atoms with Gasteiger partial charge in [0.05, 0.1) is 27.9 Å². The molecule has 2 aliphatic heterocycles. The Morgan fingerprint density at radius 3 is 2.24 bits per heavy atom. The van der Waals surface area contributed by atoms with Crippen molar-refractivity contribution in [1.29, 1.82) is 0 Å². The fourth-order valence-electron chi connectivity index (χ4n) is 5.02. The van der Waals surface area contributed by atoms with Crippen molar-refractivity contribution in [3.63, 3.8) is 0 Å². The number of piperidine rings is 2. The molecule has 1 aromatic carbocycles. The summed E-state index contributed by atoms with van der Waals surface area (Å²) in [6.07, 6.45) is 7.52. The van der Waals surface area contributed by atoms with Crippen LogP contribution in [0.25, 0.3) is 5.52 Å². The lowest BCUT2D eigenvalue weighted by atomic mass is 9.89. The molecule has 172 valence electrons. The highest BCUT2D eigenvalue weighted by molar-refractivity contribution is 6.33. The van der Waals surface area contributed by atoms with Crippen molar-refractivity contribution in [2.75, 3.05) is 26.2 Å². The van der Waals surface area contributed by atoms with E-state index in [1.165, 1.54) is 5.56 Å². The second-order valence-corrected chi connectivity index (χ2v) is 9.78. The number of pyridine rings is 1. The van der Waals surface area contributed by atoms with Gasteiger partial charge in [-0.3, -0.25) is 9.59 Å². The number of rotatable bonds is 3. The third-order valence-corrected chi connectivity index (χ3v) is 7.53. The molecule has 33 heavy (non-hydrogen) atoms. The van der Waals surface area contributed by atoms with E-state index in [1.807, 2.05) is 28.1 Å². The fraction of sp³-hybridized carbons (Fsp3) is 0.423. The highest BCUT2D eigenvalue weighted by Crippen LogP contribution is 2.31. The number of carbonyl (C=O) groups is 2. The summed E-state index contributed by atoms with van der Waals surface area (Å²) in [6.45, 7) is 5.26. The van der Waals surface area contributed by atoms with Crippen LogP contribution in [0.3, 0.4) is 0 Å². The molecule has 0 unspecified atom stereocenters. The summed E-state index contributed by atoms with van der Waals surface area (Å²) < 4.78 is 1.79. The van der Waals surface area contributed by atoms with Crippen LogP contribution >= 0.6 is 11.6 Å². The van der Waals surface area contributed by atoms with Gasteiger partial charge in [0.25, 0.3) is 11.8 Å². The first-order valence-electron chi connectivity index (χ1n) is 11.8. The van der Waals surface area contributed by atoms with Crippen molar-refractivity contribution in [3.8, 4) is 0 Å². The molecule has 2 aliphatic rings. The normalized spacial score (nSPS) is 18.1. The number of benzene rings is 1. The van der Waals surface area contributed by atoms with Gasteiger partial charge in [-0.1, -0.05) is 30.7 Å². The first kappa shape index (κ1) is 22.0. The zero-order valence-corrected chi connectivity index (χ0v) is 19.7. The van der Waals surface area contributed by atoms with E-state index in [1.54, 1.807) is 22.8 Å². The summed E-state index contributed by atoms with van der Waals surface area (Å²) in [4.78, 5) is 29.9. The number of fused-ring (bicyclic) bond motifs is 1. The molecule has 3 aromatic rings. The molecule has 2 aromatic heterocycles. The van der Waals surface area contributed by atoms with E-state index in [2.05, 4.69) is 24.2 Å². The molecule has 0 spiro atoms. The van der Waals surface area contributed by atoms with Gasteiger partial charge in [-0.2, -0.15) is 5.10 Å². The Hall–Kier alpha value is -2.86. The molecule has 0 N–H and O–H groups in total. The Morgan fingerprint density at radius 2 is 1.55 bits per heavy atom. The van der Waals surface area contributed by atoms with Crippen LogP contribution in [0.5, 0.6) is 0 Å². The molecule has 7 heteroatoms. The third-order valence-electron chi connectivity index (χ3n) is 7.20. The third kappa shape index (κ3) is 4.36. The molecule has 4 heterocycles. The van der Waals surface area contributed by atoms with Crippen molar-refractivity contribution in [2.45, 2.75) is 38.5 Å². The summed E-state index contributed by atoms with van der Waals surface area (Å²) in [5.41, 5.74) is 3.31. The van der Waals surface area contributed by atoms with E-state index in [-0.39, 0.29) is 11.8 Å². The highest BCUT2D eigenvalue weighted by Gasteiger charge is 2.27. The Kier molecular flexibility index (Phi) is 6.11. The molecule has 0 atom stereocenters. The van der Waals surface area contributed by atoms with Crippen molar-refractivity contribution in [2.24, 2.45) is 5.92 Å². The Bertz CT molecular complexity index is 1170. The zero-order chi connectivity index (χ0) is 22.9. The molecule has 6 nitrogen and oxygen atoms in total. The van der Waals surface area contributed by atoms with Crippen molar-refractivity contribution in [1.82, 2.24) is 19.4 Å². The molecular formula is C26H29ClN4O2. The highest BCUT2D eigenvalue weighted by atomic mass is 35.5. The molecule has 0 radical (unpaired) electrons. The standard InChI is InChI=1S/C26H29ClN4O2/c1-18-6-11-29(12-7-18)26(33)22-17-28-31-15-10-20(16-24(22)31)19-8-13-30(14-9-19)25(32)21-4-2-3-5-23(21)27/h2-5,10,15-19H,6-9,11-14H2,1H3. The molecule has 0 bridgehead atoms. The summed E-state index contributed by atoms with van der Waals surface area (Å²) in [7, 11) is 0. The Morgan fingerprint density at radius 1 is 0.909 bits per heavy atom. The molecular weight excluding hydrogens is 436 g/mol. The number of aromatic nitrogens is 2. The molecule has 2 saturated heterocycles. The largest absolute Gasteiger partial charge is 0.339 e. The molecule has 0 saturated carbocycles. The maximum Gasteiger partial charge on any atom is 0.257 e. The van der Waals surface area contributed by atoms with Gasteiger partial charge in [0, 0.05) is 32.4 Å². The average Bonchev–Trinajstić information content (AvgIpc) is 3.27. The van der Waals surface area contributed by atoms with Crippen molar-refractivity contribution < 1.29 is 9.59 Å². The molecule has 0 aliphatic carbocycles. The number of amides is 2. The SMILES string of the molecule is CC1CCN(C(=O)c2cnn3ccc(C4CCN(C(=O)c5ccccc5Cl)CC4)cc23)CC1. The lowest BCUT2D eigenvalue weighted by Gasteiger charge is -2.32. The zero-order valence-electron chi connectivity index (χ0n) is 18.9. The van der Waals surface area contributed by atoms with Crippen molar-refractivity contribution >= 4 is 28.9 Å². The molecule has 5 rings (SSSR count). The van der Waals surface area contributed by atoms with Gasteiger partial charge in [0.2, 0.25) is 0 Å². The van der Waals surface area contributed by atoms with Crippen LogP contribution in [0.15, 0.2) is 48.8 Å². The smallest absolute Gasteiger partial charge is 0.257 e. The van der Waals surface area contributed by atoms with E-state index in [0.29, 0.717) is 41.1 Å². The van der Waals surface area contributed by atoms with Crippen LogP contribution in [0, 0.1) is 5.92 Å². The van der Waals surface area contributed by atoms with Crippen LogP contribution in [0.1, 0.15) is 64.8 Å². The average molecular weight is 465 g/mol. The second kappa shape index (κ2) is 9.18. The van der Waals surface area contributed by atoms with Crippen LogP contribution < -0.4 is 0 Å². The Balaban J connectivity index is 1.30. The van der Waals surface area contributed by atoms with Crippen LogP contribution in [-0.2, 0) is 0 Å². The lowest BCUT2D eigenvalue weighted by molar-refractivity contribution is 0.0695. The van der Waals surface area contributed by atoms with Gasteiger partial charge < -0.3 is 9.80 Å². The molecule has 2 amide bonds. The van der Waals surface area contributed by atoms with Crippen LogP contribution in [-0.4, -0.2) is 57.4 Å². The number of hydrogen-bond acceptors (Lipinski definition) is 3. The number of hydrogen-bond donors (Lipinski definition) is 0. The summed E-state index contributed by atoms with van der Waals surface area (Å²) in [5, 5.41) is 4.91. The van der Waals surface area contributed by atoms with E-state index in [9.17, 15) is 9.59 Å². The van der Waals surface area contributed by atoms with E-state index in [4.69, 9.17) is 11.6 Å². The van der Waals surface area contributed by atoms with Crippen LogP contribution in [0.4, 0.5) is 0 Å². The fourth-order valence-corrected chi connectivity index (χ4v) is 5.24. The van der Waals surface area contributed by atoms with Gasteiger partial charge in [-0.05, 0) is 67.3 Å². The minimum atomic E-state index is -0.00553. The minimum Gasteiger partial charge on any atom is -0.339 e. The monoisotopic (exact) mass is 464 g/mol. The Labute approximate surface area is 199 Å². The first-order valence-corrected chi connectivity index (χ1v) is 12.2. The van der Waals surface area contributed by atoms with E-state index in [0.717, 1.165) is 44.3 Å². The van der Waals surface area contributed by atoms with Gasteiger partial charge in [-0.15, -0.1) is 0 Å². The van der Waals surface area contributed by atoms with Gasteiger partial charge in [0.15, 0.2) is 0 Å². The van der Waals surface area contributed by atoms with Crippen LogP contribution in [0.2, 0.25) is 5.02 Å². The van der Waals surface area contributed by atoms with E-state index >= 15 is 0 Å². The lowest BCUT2D eigenvalue weighted by Crippen LogP contribution is -2.38. The van der Waals surface area contributed by atoms with E-state index < -0.39 is 0 Å².